The molecule has 0 radical (unpaired) electrons. The fourth-order valence-electron chi connectivity index (χ4n) is 1.08. The summed E-state index contributed by atoms with van der Waals surface area (Å²) in [7, 11) is 0. The van der Waals surface area contributed by atoms with Gasteiger partial charge in [0.2, 0.25) is 0 Å². The van der Waals surface area contributed by atoms with E-state index in [1.807, 2.05) is 11.3 Å². The summed E-state index contributed by atoms with van der Waals surface area (Å²) >= 11 is 1.90. The topological polar surface area (TPSA) is 0 Å². The van der Waals surface area contributed by atoms with Crippen LogP contribution in [0.25, 0.3) is 0 Å². The lowest BCUT2D eigenvalue weighted by atomic mass is 10.1. The van der Waals surface area contributed by atoms with E-state index in [1.165, 1.54) is 23.3 Å². The third kappa shape index (κ3) is 2.33. The maximum atomic E-state index is 2.35. The fourth-order valence-corrected chi connectivity index (χ4v) is 2.23. The fraction of sp³-hybridized carbons (Fsp3) is 0.600. The van der Waals surface area contributed by atoms with Crippen LogP contribution in [0.5, 0.6) is 0 Å². The Morgan fingerprint density at radius 1 is 1.45 bits per heavy atom. The van der Waals surface area contributed by atoms with Gasteiger partial charge in [-0.15, -0.1) is 11.3 Å². The molecule has 0 aromatic carbocycles. The maximum Gasteiger partial charge on any atom is 0.00480 e. The van der Waals surface area contributed by atoms with Gasteiger partial charge < -0.3 is 0 Å². The van der Waals surface area contributed by atoms with Gasteiger partial charge in [-0.25, -0.2) is 0 Å². The summed E-state index contributed by atoms with van der Waals surface area (Å²) in [4.78, 5) is 1.54. The second-order valence-corrected chi connectivity index (χ2v) is 4.25. The lowest BCUT2D eigenvalue weighted by molar-refractivity contribution is 0.866. The molecule has 0 amide bonds. The van der Waals surface area contributed by atoms with E-state index >= 15 is 0 Å². The van der Waals surface area contributed by atoms with Gasteiger partial charge in [0.05, 0.1) is 0 Å². The molecular weight excluding hydrogens is 152 g/mol. The van der Waals surface area contributed by atoms with E-state index in [2.05, 4.69) is 32.2 Å². The number of aryl methyl sites for hydroxylation is 1. The largest absolute Gasteiger partial charge is 0.149 e. The normalized spacial score (nSPS) is 10.9. The van der Waals surface area contributed by atoms with Crippen molar-refractivity contribution in [3.05, 3.63) is 21.9 Å². The number of hydrogen-bond donors (Lipinski definition) is 0. The molecule has 0 spiro atoms. The van der Waals surface area contributed by atoms with Crippen molar-refractivity contribution in [1.29, 1.82) is 0 Å². The quantitative estimate of drug-likeness (QED) is 0.643. The van der Waals surface area contributed by atoms with Crippen LogP contribution >= 0.6 is 11.3 Å². The first-order valence-electron chi connectivity index (χ1n) is 4.31. The van der Waals surface area contributed by atoms with Crippen molar-refractivity contribution in [2.75, 3.05) is 0 Å². The van der Waals surface area contributed by atoms with Crippen molar-refractivity contribution in [3.8, 4) is 0 Å². The molecular formula is C10H16S. The average molecular weight is 168 g/mol. The predicted molar refractivity (Wildman–Crippen MR) is 52.4 cm³/mol. The molecule has 0 aliphatic rings. The highest BCUT2D eigenvalue weighted by atomic mass is 32.1. The van der Waals surface area contributed by atoms with Gasteiger partial charge in [0.1, 0.15) is 0 Å². The van der Waals surface area contributed by atoms with Gasteiger partial charge in [0.25, 0.3) is 0 Å². The van der Waals surface area contributed by atoms with Crippen molar-refractivity contribution in [3.63, 3.8) is 0 Å². The second-order valence-electron chi connectivity index (χ2n) is 3.25. The van der Waals surface area contributed by atoms with Crippen molar-refractivity contribution < 1.29 is 0 Å². The van der Waals surface area contributed by atoms with E-state index in [1.54, 1.807) is 0 Å². The van der Waals surface area contributed by atoms with Crippen LogP contribution in [-0.4, -0.2) is 0 Å². The van der Waals surface area contributed by atoms with Crippen molar-refractivity contribution in [2.45, 2.75) is 39.5 Å². The summed E-state index contributed by atoms with van der Waals surface area (Å²) in [6, 6.07) is 2.35. The van der Waals surface area contributed by atoms with E-state index in [-0.39, 0.29) is 0 Å². The Bertz CT molecular complexity index is 210. The molecule has 0 saturated carbocycles. The van der Waals surface area contributed by atoms with Gasteiger partial charge in [-0.3, -0.25) is 0 Å². The van der Waals surface area contributed by atoms with Crippen LogP contribution < -0.4 is 0 Å². The summed E-state index contributed by atoms with van der Waals surface area (Å²) in [5.41, 5.74) is 1.50. The smallest absolute Gasteiger partial charge is 0.00480 e. The molecule has 0 atom stereocenters. The highest BCUT2D eigenvalue weighted by molar-refractivity contribution is 7.10. The summed E-state index contributed by atoms with van der Waals surface area (Å²) in [5, 5.41) is 2.29. The van der Waals surface area contributed by atoms with Crippen LogP contribution in [0.3, 0.4) is 0 Å². The van der Waals surface area contributed by atoms with Gasteiger partial charge >= 0.3 is 0 Å². The van der Waals surface area contributed by atoms with Crippen LogP contribution in [0.2, 0.25) is 0 Å². The van der Waals surface area contributed by atoms with Crippen LogP contribution in [0, 0.1) is 0 Å². The monoisotopic (exact) mass is 168 g/mol. The van der Waals surface area contributed by atoms with Crippen molar-refractivity contribution in [2.24, 2.45) is 0 Å². The van der Waals surface area contributed by atoms with E-state index in [0.29, 0.717) is 5.92 Å². The van der Waals surface area contributed by atoms with Crippen molar-refractivity contribution >= 4 is 11.3 Å². The number of hydrogen-bond acceptors (Lipinski definition) is 1. The molecule has 62 valence electrons. The second kappa shape index (κ2) is 3.91. The zero-order valence-electron chi connectivity index (χ0n) is 7.55. The minimum Gasteiger partial charge on any atom is -0.149 e. The molecule has 0 saturated heterocycles. The summed E-state index contributed by atoms with van der Waals surface area (Å²) in [6.07, 6.45) is 2.51. The van der Waals surface area contributed by atoms with Gasteiger partial charge in [-0.05, 0) is 29.3 Å². The van der Waals surface area contributed by atoms with Gasteiger partial charge in [0.15, 0.2) is 0 Å². The zero-order valence-corrected chi connectivity index (χ0v) is 8.37. The molecule has 1 heterocycles. The van der Waals surface area contributed by atoms with Crippen LogP contribution in [-0.2, 0) is 6.42 Å². The van der Waals surface area contributed by atoms with Crippen LogP contribution in [0.1, 0.15) is 43.6 Å². The van der Waals surface area contributed by atoms with Crippen molar-refractivity contribution in [1.82, 2.24) is 0 Å². The van der Waals surface area contributed by atoms with E-state index in [9.17, 15) is 0 Å². The highest BCUT2D eigenvalue weighted by Gasteiger charge is 2.01. The Labute approximate surface area is 73.3 Å². The molecule has 1 aromatic rings. The maximum absolute atomic E-state index is 2.35. The first kappa shape index (κ1) is 8.79. The molecule has 0 bridgehead atoms. The number of rotatable bonds is 3. The first-order valence-corrected chi connectivity index (χ1v) is 5.19. The molecule has 0 N–H and O–H groups in total. The van der Waals surface area contributed by atoms with Gasteiger partial charge in [-0.1, -0.05) is 27.2 Å². The predicted octanol–water partition coefficient (Wildman–Crippen LogP) is 3.82. The van der Waals surface area contributed by atoms with E-state index in [0.717, 1.165) is 0 Å². The van der Waals surface area contributed by atoms with E-state index in [4.69, 9.17) is 0 Å². The Balaban J connectivity index is 2.66. The third-order valence-corrected chi connectivity index (χ3v) is 2.85. The molecule has 0 nitrogen and oxygen atoms in total. The Hall–Kier alpha value is -0.300. The zero-order chi connectivity index (χ0) is 8.27. The summed E-state index contributed by atoms with van der Waals surface area (Å²) in [5.74, 6) is 0.692. The minimum atomic E-state index is 0.692. The summed E-state index contributed by atoms with van der Waals surface area (Å²) < 4.78 is 0. The molecule has 1 rings (SSSR count). The average Bonchev–Trinajstić information content (AvgIpc) is 2.37. The lowest BCUT2D eigenvalue weighted by Gasteiger charge is -1.97. The number of thiophene rings is 1. The van der Waals surface area contributed by atoms with Crippen LogP contribution in [0.15, 0.2) is 11.4 Å². The third-order valence-electron chi connectivity index (χ3n) is 1.84. The molecule has 1 heteroatoms. The van der Waals surface area contributed by atoms with Gasteiger partial charge in [-0.2, -0.15) is 0 Å². The molecule has 0 fully saturated rings. The Kier molecular flexibility index (Phi) is 3.13. The Morgan fingerprint density at radius 2 is 2.18 bits per heavy atom. The summed E-state index contributed by atoms with van der Waals surface area (Å²) in [6.45, 7) is 6.73. The SMILES string of the molecule is CCCc1cc(C(C)C)cs1. The molecule has 1 aromatic heterocycles. The standard InChI is InChI=1S/C10H16S/c1-4-5-10-6-9(7-11-10)8(2)3/h6-8H,4-5H2,1-3H3. The molecule has 0 aliphatic heterocycles. The van der Waals surface area contributed by atoms with Gasteiger partial charge in [0, 0.05) is 4.88 Å². The molecule has 0 aliphatic carbocycles. The Morgan fingerprint density at radius 3 is 2.64 bits per heavy atom. The minimum absolute atomic E-state index is 0.692. The molecule has 11 heavy (non-hydrogen) atoms. The first-order chi connectivity index (χ1) is 5.24. The lowest BCUT2D eigenvalue weighted by Crippen LogP contribution is -1.81. The van der Waals surface area contributed by atoms with Crippen LogP contribution in [0.4, 0.5) is 0 Å². The molecule has 0 unspecified atom stereocenters. The van der Waals surface area contributed by atoms with E-state index < -0.39 is 0 Å². The highest BCUT2D eigenvalue weighted by Crippen LogP contribution is 2.22.